The van der Waals surface area contributed by atoms with Crippen LogP contribution in [0.3, 0.4) is 0 Å². The minimum atomic E-state index is 0.479. The van der Waals surface area contributed by atoms with Crippen molar-refractivity contribution in [3.8, 4) is 0 Å². The van der Waals surface area contributed by atoms with Gasteiger partial charge in [0.2, 0.25) is 0 Å². The van der Waals surface area contributed by atoms with Crippen molar-refractivity contribution in [1.82, 2.24) is 0 Å². The lowest BCUT2D eigenvalue weighted by molar-refractivity contribution is 0.152. The van der Waals surface area contributed by atoms with E-state index in [1.54, 1.807) is 0 Å². The molecule has 1 atom stereocenters. The van der Waals surface area contributed by atoms with Gasteiger partial charge in [-0.2, -0.15) is 0 Å². The van der Waals surface area contributed by atoms with Gasteiger partial charge in [0.05, 0.1) is 6.61 Å². The molecular formula is C5H12INO. The van der Waals surface area contributed by atoms with E-state index in [4.69, 9.17) is 10.5 Å². The quantitative estimate of drug-likeness (QED) is 0.571. The molecule has 0 amide bonds. The highest BCUT2D eigenvalue weighted by Gasteiger charge is 1.97. The average molecular weight is 229 g/mol. The minimum Gasteiger partial charge on any atom is -0.381 e. The van der Waals surface area contributed by atoms with E-state index in [2.05, 4.69) is 22.6 Å². The van der Waals surface area contributed by atoms with E-state index in [1.165, 1.54) is 0 Å². The van der Waals surface area contributed by atoms with E-state index in [0.29, 0.717) is 10.5 Å². The normalized spacial score (nSPS) is 13.9. The summed E-state index contributed by atoms with van der Waals surface area (Å²) in [6, 6.07) is 0. The van der Waals surface area contributed by atoms with Crippen molar-refractivity contribution in [2.24, 2.45) is 5.73 Å². The Morgan fingerprint density at radius 2 is 2.38 bits per heavy atom. The smallest absolute Gasteiger partial charge is 0.0596 e. The Kier molecular flexibility index (Phi) is 6.25. The molecule has 0 aromatic rings. The van der Waals surface area contributed by atoms with Crippen molar-refractivity contribution in [2.45, 2.75) is 10.8 Å². The number of alkyl halides is 1. The van der Waals surface area contributed by atoms with E-state index >= 15 is 0 Å². The van der Waals surface area contributed by atoms with Gasteiger partial charge in [-0.3, -0.25) is 0 Å². The fourth-order valence-electron chi connectivity index (χ4n) is 0.314. The van der Waals surface area contributed by atoms with E-state index in [1.807, 2.05) is 6.92 Å². The van der Waals surface area contributed by atoms with Crippen LogP contribution >= 0.6 is 22.6 Å². The number of ether oxygens (including phenoxy) is 1. The van der Waals surface area contributed by atoms with Crippen molar-refractivity contribution in [3.05, 3.63) is 0 Å². The third-order valence-corrected chi connectivity index (χ3v) is 1.63. The fraction of sp³-hybridized carbons (Fsp3) is 1.00. The maximum Gasteiger partial charge on any atom is 0.0596 e. The van der Waals surface area contributed by atoms with Gasteiger partial charge in [0.25, 0.3) is 0 Å². The Hall–Kier alpha value is 0.650. The molecule has 1 unspecified atom stereocenters. The van der Waals surface area contributed by atoms with Crippen LogP contribution in [-0.4, -0.2) is 23.7 Å². The minimum absolute atomic E-state index is 0.479. The van der Waals surface area contributed by atoms with Gasteiger partial charge in [-0.15, -0.1) is 0 Å². The molecule has 2 N–H and O–H groups in total. The summed E-state index contributed by atoms with van der Waals surface area (Å²) in [5, 5.41) is 0. The molecule has 0 saturated heterocycles. The highest BCUT2D eigenvalue weighted by molar-refractivity contribution is 14.1. The monoisotopic (exact) mass is 229 g/mol. The van der Waals surface area contributed by atoms with E-state index in [-0.39, 0.29) is 0 Å². The van der Waals surface area contributed by atoms with Crippen LogP contribution in [0.2, 0.25) is 0 Å². The lowest BCUT2D eigenvalue weighted by atomic mass is 10.5. The van der Waals surface area contributed by atoms with Crippen LogP contribution in [0.15, 0.2) is 0 Å². The lowest BCUT2D eigenvalue weighted by Crippen LogP contribution is -2.19. The summed E-state index contributed by atoms with van der Waals surface area (Å²) in [5.74, 6) is 0. The number of hydrogen-bond donors (Lipinski definition) is 1. The Bertz CT molecular complexity index is 51.7. The standard InChI is InChI=1S/C5H12INO/c1-2-8-4-5(6)3-7/h5H,2-4,7H2,1H3. The fourth-order valence-corrected chi connectivity index (χ4v) is 0.568. The summed E-state index contributed by atoms with van der Waals surface area (Å²) >= 11 is 2.28. The molecule has 0 bridgehead atoms. The van der Waals surface area contributed by atoms with E-state index < -0.39 is 0 Å². The Balaban J connectivity index is 2.86. The molecule has 0 spiro atoms. The molecule has 0 aliphatic heterocycles. The molecule has 8 heavy (non-hydrogen) atoms. The molecule has 0 fully saturated rings. The highest BCUT2D eigenvalue weighted by atomic mass is 127. The van der Waals surface area contributed by atoms with Crippen LogP contribution in [0.25, 0.3) is 0 Å². The summed E-state index contributed by atoms with van der Waals surface area (Å²) in [5.41, 5.74) is 5.33. The average Bonchev–Trinajstić information content (AvgIpc) is 1.83. The van der Waals surface area contributed by atoms with E-state index in [0.717, 1.165) is 13.2 Å². The zero-order chi connectivity index (χ0) is 6.41. The van der Waals surface area contributed by atoms with Crippen molar-refractivity contribution in [2.75, 3.05) is 19.8 Å². The van der Waals surface area contributed by atoms with Crippen molar-refractivity contribution in [1.29, 1.82) is 0 Å². The van der Waals surface area contributed by atoms with Gasteiger partial charge in [0.15, 0.2) is 0 Å². The first-order valence-corrected chi connectivity index (χ1v) is 3.97. The predicted octanol–water partition coefficient (Wildman–Crippen LogP) is 0.785. The van der Waals surface area contributed by atoms with Crippen LogP contribution in [0.4, 0.5) is 0 Å². The van der Waals surface area contributed by atoms with Gasteiger partial charge in [-0.1, -0.05) is 22.6 Å². The second-order valence-electron chi connectivity index (χ2n) is 1.49. The Morgan fingerprint density at radius 1 is 1.75 bits per heavy atom. The van der Waals surface area contributed by atoms with Crippen molar-refractivity contribution < 1.29 is 4.74 Å². The number of halogens is 1. The van der Waals surface area contributed by atoms with Gasteiger partial charge in [-0.05, 0) is 6.92 Å². The second kappa shape index (κ2) is 5.78. The van der Waals surface area contributed by atoms with Gasteiger partial charge in [0.1, 0.15) is 0 Å². The van der Waals surface area contributed by atoms with Crippen molar-refractivity contribution >= 4 is 22.6 Å². The predicted molar refractivity (Wildman–Crippen MR) is 43.4 cm³/mol. The molecule has 0 rings (SSSR count). The molecule has 50 valence electrons. The van der Waals surface area contributed by atoms with Gasteiger partial charge in [-0.25, -0.2) is 0 Å². The SMILES string of the molecule is CCOCC(I)CN. The van der Waals surface area contributed by atoms with Crippen LogP contribution in [-0.2, 0) is 4.74 Å². The summed E-state index contributed by atoms with van der Waals surface area (Å²) in [6.45, 7) is 4.27. The number of nitrogens with two attached hydrogens (primary N) is 1. The third-order valence-electron chi connectivity index (χ3n) is 0.759. The molecule has 3 heteroatoms. The molecule has 0 aromatic carbocycles. The Labute approximate surface area is 63.9 Å². The lowest BCUT2D eigenvalue weighted by Gasteiger charge is -2.04. The number of rotatable bonds is 4. The topological polar surface area (TPSA) is 35.2 Å². The van der Waals surface area contributed by atoms with Crippen LogP contribution in [0.5, 0.6) is 0 Å². The van der Waals surface area contributed by atoms with Gasteiger partial charge in [0, 0.05) is 17.1 Å². The maximum absolute atomic E-state index is 5.33. The molecule has 0 aromatic heterocycles. The third kappa shape index (κ3) is 4.80. The second-order valence-corrected chi connectivity index (χ2v) is 3.25. The molecule has 2 nitrogen and oxygen atoms in total. The first-order valence-electron chi connectivity index (χ1n) is 2.73. The van der Waals surface area contributed by atoms with E-state index in [9.17, 15) is 0 Å². The zero-order valence-corrected chi connectivity index (χ0v) is 7.22. The van der Waals surface area contributed by atoms with Crippen LogP contribution < -0.4 is 5.73 Å². The van der Waals surface area contributed by atoms with Gasteiger partial charge < -0.3 is 10.5 Å². The summed E-state index contributed by atoms with van der Waals surface area (Å²) in [4.78, 5) is 0. The molecular weight excluding hydrogens is 217 g/mol. The summed E-state index contributed by atoms with van der Waals surface area (Å²) in [6.07, 6.45) is 0. The van der Waals surface area contributed by atoms with Crippen LogP contribution in [0.1, 0.15) is 6.92 Å². The maximum atomic E-state index is 5.33. The summed E-state index contributed by atoms with van der Waals surface area (Å²) in [7, 11) is 0. The molecule has 0 aliphatic rings. The molecule has 0 aliphatic carbocycles. The first-order chi connectivity index (χ1) is 3.81. The molecule has 0 heterocycles. The first kappa shape index (κ1) is 8.65. The van der Waals surface area contributed by atoms with Gasteiger partial charge >= 0.3 is 0 Å². The van der Waals surface area contributed by atoms with Crippen molar-refractivity contribution in [3.63, 3.8) is 0 Å². The number of hydrogen-bond acceptors (Lipinski definition) is 2. The molecule has 0 saturated carbocycles. The summed E-state index contributed by atoms with van der Waals surface area (Å²) < 4.78 is 5.58. The highest BCUT2D eigenvalue weighted by Crippen LogP contribution is 1.96. The van der Waals surface area contributed by atoms with Crippen LogP contribution in [0, 0.1) is 0 Å². The molecule has 0 radical (unpaired) electrons. The Morgan fingerprint density at radius 3 is 2.75 bits per heavy atom. The zero-order valence-electron chi connectivity index (χ0n) is 5.06. The largest absolute Gasteiger partial charge is 0.381 e.